The Hall–Kier alpha value is -1.36. The lowest BCUT2D eigenvalue weighted by atomic mass is 9.79. The van der Waals surface area contributed by atoms with Crippen molar-refractivity contribution in [3.63, 3.8) is 0 Å². The zero-order chi connectivity index (χ0) is 16.0. The van der Waals surface area contributed by atoms with E-state index in [0.29, 0.717) is 5.91 Å². The van der Waals surface area contributed by atoms with Crippen LogP contribution in [0.25, 0.3) is 4.83 Å². The van der Waals surface area contributed by atoms with Gasteiger partial charge in [0, 0.05) is 36.0 Å². The van der Waals surface area contributed by atoms with Crippen molar-refractivity contribution in [3.05, 3.63) is 23.1 Å². The number of amides is 1. The van der Waals surface area contributed by atoms with Gasteiger partial charge in [0.05, 0.1) is 5.69 Å². The molecule has 1 saturated heterocycles. The van der Waals surface area contributed by atoms with Crippen LogP contribution in [0, 0.1) is 12.8 Å². The molecule has 1 aliphatic heterocycles. The van der Waals surface area contributed by atoms with Gasteiger partial charge in [0.1, 0.15) is 10.7 Å². The van der Waals surface area contributed by atoms with Crippen LogP contribution in [0.4, 0.5) is 0 Å². The quantitative estimate of drug-likeness (QED) is 0.840. The van der Waals surface area contributed by atoms with E-state index in [0.717, 1.165) is 44.6 Å². The molecule has 4 rings (SSSR count). The van der Waals surface area contributed by atoms with E-state index in [1.807, 2.05) is 0 Å². The molecule has 0 N–H and O–H groups in total. The molecule has 0 aromatic carbocycles. The third-order valence-electron chi connectivity index (χ3n) is 5.72. The molecule has 2 aliphatic rings. The van der Waals surface area contributed by atoms with Gasteiger partial charge < -0.3 is 4.90 Å². The number of piperidine rings is 1. The van der Waals surface area contributed by atoms with Gasteiger partial charge in [0.25, 0.3) is 0 Å². The largest absolute Gasteiger partial charge is 0.342 e. The number of thiazole rings is 1. The Morgan fingerprint density at radius 1 is 1.35 bits per heavy atom. The maximum absolute atomic E-state index is 12.8. The maximum Gasteiger partial charge on any atom is 0.225 e. The third kappa shape index (κ3) is 2.49. The van der Waals surface area contributed by atoms with E-state index in [4.69, 9.17) is 4.98 Å². The monoisotopic (exact) mass is 331 g/mol. The molecule has 3 heterocycles. The molecule has 1 unspecified atom stereocenters. The van der Waals surface area contributed by atoms with E-state index in [1.165, 1.54) is 23.4 Å². The van der Waals surface area contributed by atoms with Gasteiger partial charge in [-0.15, -0.1) is 11.3 Å². The van der Waals surface area contributed by atoms with Crippen molar-refractivity contribution in [2.24, 2.45) is 5.92 Å². The zero-order valence-electron chi connectivity index (χ0n) is 14.0. The van der Waals surface area contributed by atoms with Crippen molar-refractivity contribution in [2.75, 3.05) is 13.1 Å². The van der Waals surface area contributed by atoms with E-state index < -0.39 is 0 Å². The molecule has 23 heavy (non-hydrogen) atoms. The number of aromatic nitrogens is 2. The lowest BCUT2D eigenvalue weighted by molar-refractivity contribution is -0.137. The van der Waals surface area contributed by atoms with Crippen molar-refractivity contribution >= 4 is 22.1 Å². The van der Waals surface area contributed by atoms with E-state index >= 15 is 0 Å². The minimum atomic E-state index is -0.0170. The molecule has 1 amide bonds. The van der Waals surface area contributed by atoms with Gasteiger partial charge in [0.2, 0.25) is 5.91 Å². The van der Waals surface area contributed by atoms with Crippen molar-refractivity contribution in [3.8, 4) is 0 Å². The molecule has 0 radical (unpaired) electrons. The Morgan fingerprint density at radius 3 is 2.91 bits per heavy atom. The minimum Gasteiger partial charge on any atom is -0.342 e. The van der Waals surface area contributed by atoms with Gasteiger partial charge in [0.15, 0.2) is 0 Å². The van der Waals surface area contributed by atoms with Crippen LogP contribution in [0.1, 0.15) is 57.0 Å². The molecule has 1 aliphatic carbocycles. The molecule has 2 fully saturated rings. The predicted octanol–water partition coefficient (Wildman–Crippen LogP) is 3.77. The summed E-state index contributed by atoms with van der Waals surface area (Å²) in [5, 5.41) is 2.13. The van der Waals surface area contributed by atoms with Crippen LogP contribution in [-0.2, 0) is 10.2 Å². The molecule has 1 atom stereocenters. The Labute approximate surface area is 141 Å². The fourth-order valence-electron chi connectivity index (χ4n) is 4.41. The van der Waals surface area contributed by atoms with Crippen LogP contribution in [0.2, 0.25) is 0 Å². The lowest BCUT2D eigenvalue weighted by Gasteiger charge is -2.40. The van der Waals surface area contributed by atoms with Gasteiger partial charge in [-0.05, 0) is 32.6 Å². The number of rotatable bonds is 2. The number of carbonyl (C=O) groups is 1. The molecule has 4 nitrogen and oxygen atoms in total. The molecule has 1 saturated carbocycles. The number of aryl methyl sites for hydroxylation is 1. The summed E-state index contributed by atoms with van der Waals surface area (Å²) in [7, 11) is 0. The summed E-state index contributed by atoms with van der Waals surface area (Å²) < 4.78 is 2.18. The highest BCUT2D eigenvalue weighted by Crippen LogP contribution is 2.38. The predicted molar refractivity (Wildman–Crippen MR) is 92.9 cm³/mol. The van der Waals surface area contributed by atoms with Crippen LogP contribution in [0.15, 0.2) is 11.6 Å². The van der Waals surface area contributed by atoms with Crippen molar-refractivity contribution in [2.45, 2.75) is 57.8 Å². The maximum atomic E-state index is 12.8. The average Bonchev–Trinajstić information content (AvgIpc) is 3.25. The fraction of sp³-hybridized carbons (Fsp3) is 0.667. The summed E-state index contributed by atoms with van der Waals surface area (Å²) >= 11 is 1.76. The third-order valence-corrected chi connectivity index (χ3v) is 6.59. The molecule has 0 bridgehead atoms. The standard InChI is InChI=1S/C18H25N3OS/c1-13-19-15(17-21(13)10-11-23-17)18(2)8-5-9-20(12-18)16(22)14-6-3-4-7-14/h10-11,14H,3-9,12H2,1-2H3. The first-order valence-corrected chi connectivity index (χ1v) is 9.68. The Balaban J connectivity index is 1.62. The molecule has 0 spiro atoms. The van der Waals surface area contributed by atoms with Crippen molar-refractivity contribution in [1.29, 1.82) is 0 Å². The first-order chi connectivity index (χ1) is 11.1. The smallest absolute Gasteiger partial charge is 0.225 e. The minimum absolute atomic E-state index is 0.0170. The first-order valence-electron chi connectivity index (χ1n) is 8.80. The summed E-state index contributed by atoms with van der Waals surface area (Å²) in [5.41, 5.74) is 1.17. The number of fused-ring (bicyclic) bond motifs is 1. The van der Waals surface area contributed by atoms with E-state index in [2.05, 4.69) is 34.7 Å². The normalized spacial score (nSPS) is 26.3. The van der Waals surface area contributed by atoms with Gasteiger partial charge in [-0.25, -0.2) is 4.98 Å². The number of carbonyl (C=O) groups excluding carboxylic acids is 1. The SMILES string of the molecule is Cc1nc(C2(C)CCCN(C(=O)C3CCCC3)C2)c2sccn12. The number of hydrogen-bond donors (Lipinski definition) is 0. The first kappa shape index (κ1) is 15.2. The van der Waals surface area contributed by atoms with Crippen LogP contribution >= 0.6 is 11.3 Å². The highest BCUT2D eigenvalue weighted by molar-refractivity contribution is 7.15. The number of nitrogens with zero attached hydrogens (tertiary/aromatic N) is 3. The van der Waals surface area contributed by atoms with E-state index in [9.17, 15) is 4.79 Å². The van der Waals surface area contributed by atoms with E-state index in [-0.39, 0.29) is 11.3 Å². The second kappa shape index (κ2) is 5.62. The topological polar surface area (TPSA) is 37.6 Å². The Kier molecular flexibility index (Phi) is 3.71. The molecular formula is C18H25N3OS. The summed E-state index contributed by atoms with van der Waals surface area (Å²) in [6.45, 7) is 6.11. The fourth-order valence-corrected chi connectivity index (χ4v) is 5.44. The van der Waals surface area contributed by atoms with Gasteiger partial charge >= 0.3 is 0 Å². The molecule has 5 heteroatoms. The Morgan fingerprint density at radius 2 is 2.13 bits per heavy atom. The van der Waals surface area contributed by atoms with Crippen molar-refractivity contribution < 1.29 is 4.79 Å². The van der Waals surface area contributed by atoms with Crippen LogP contribution in [0.5, 0.6) is 0 Å². The molecule has 2 aromatic rings. The molecule has 2 aromatic heterocycles. The van der Waals surface area contributed by atoms with E-state index in [1.54, 1.807) is 11.3 Å². The molecular weight excluding hydrogens is 306 g/mol. The Bertz CT molecular complexity index is 728. The van der Waals surface area contributed by atoms with Crippen molar-refractivity contribution in [1.82, 2.24) is 14.3 Å². The summed E-state index contributed by atoms with van der Waals surface area (Å²) in [6, 6.07) is 0. The summed E-state index contributed by atoms with van der Waals surface area (Å²) in [4.78, 5) is 21.1. The highest BCUT2D eigenvalue weighted by Gasteiger charge is 2.39. The summed E-state index contributed by atoms with van der Waals surface area (Å²) in [6.07, 6.45) is 8.91. The number of imidazole rings is 1. The van der Waals surface area contributed by atoms with Crippen LogP contribution in [0.3, 0.4) is 0 Å². The number of hydrogen-bond acceptors (Lipinski definition) is 3. The zero-order valence-corrected chi connectivity index (χ0v) is 14.9. The van der Waals surface area contributed by atoms with Gasteiger partial charge in [-0.3, -0.25) is 9.20 Å². The van der Waals surface area contributed by atoms with Gasteiger partial charge in [-0.2, -0.15) is 0 Å². The number of likely N-dealkylation sites (tertiary alicyclic amines) is 1. The molecule has 124 valence electrons. The lowest BCUT2D eigenvalue weighted by Crippen LogP contribution is -2.48. The summed E-state index contributed by atoms with van der Waals surface area (Å²) in [5.74, 6) is 1.73. The second-order valence-corrected chi connectivity index (χ2v) is 8.39. The second-order valence-electron chi connectivity index (χ2n) is 7.49. The van der Waals surface area contributed by atoms with Crippen LogP contribution < -0.4 is 0 Å². The van der Waals surface area contributed by atoms with Gasteiger partial charge in [-0.1, -0.05) is 19.8 Å². The average molecular weight is 331 g/mol. The van der Waals surface area contributed by atoms with Crippen LogP contribution in [-0.4, -0.2) is 33.3 Å². The highest BCUT2D eigenvalue weighted by atomic mass is 32.1.